The zero-order chi connectivity index (χ0) is 17.0. The monoisotopic (exact) mass is 320 g/mol. The minimum atomic E-state index is -1.72. The second-order valence-electron chi connectivity index (χ2n) is 4.55. The van der Waals surface area contributed by atoms with Crippen molar-refractivity contribution < 1.29 is 25.3 Å². The lowest BCUT2D eigenvalue weighted by molar-refractivity contribution is -0.385. The van der Waals surface area contributed by atoms with Crippen LogP contribution in [0.3, 0.4) is 0 Å². The van der Waals surface area contributed by atoms with Gasteiger partial charge in [0.2, 0.25) is 0 Å². The molecule has 12 heteroatoms. The molecule has 0 spiro atoms. The first-order valence-corrected chi connectivity index (χ1v) is 6.06. The van der Waals surface area contributed by atoms with Crippen LogP contribution in [-0.2, 0) is 0 Å². The van der Waals surface area contributed by atoms with Gasteiger partial charge in [0.1, 0.15) is 12.2 Å². The van der Waals surface area contributed by atoms with Crippen LogP contribution < -0.4 is 16.1 Å². The van der Waals surface area contributed by atoms with Crippen LogP contribution >= 0.6 is 0 Å². The van der Waals surface area contributed by atoms with Gasteiger partial charge in [0, 0.05) is 13.6 Å². The molecular formula is C10H16N4O8. The van der Waals surface area contributed by atoms with Crippen molar-refractivity contribution in [1.82, 2.24) is 9.97 Å². The number of aliphatic hydroxyl groups is 4. The molecule has 22 heavy (non-hydrogen) atoms. The minimum Gasteiger partial charge on any atom is -0.394 e. The van der Waals surface area contributed by atoms with Gasteiger partial charge < -0.3 is 25.3 Å². The number of nitro groups is 1. The van der Waals surface area contributed by atoms with E-state index in [0.717, 1.165) is 4.90 Å². The summed E-state index contributed by atoms with van der Waals surface area (Å²) >= 11 is 0. The van der Waals surface area contributed by atoms with Crippen molar-refractivity contribution >= 4 is 11.5 Å². The van der Waals surface area contributed by atoms with Crippen LogP contribution in [0.5, 0.6) is 0 Å². The number of H-pyrrole nitrogens is 2. The van der Waals surface area contributed by atoms with Crippen molar-refractivity contribution in [3.8, 4) is 0 Å². The smallest absolute Gasteiger partial charge is 0.374 e. The minimum absolute atomic E-state index is 0.460. The Hall–Kier alpha value is -2.28. The van der Waals surface area contributed by atoms with Crippen LogP contribution in [0, 0.1) is 10.1 Å². The molecule has 12 nitrogen and oxygen atoms in total. The van der Waals surface area contributed by atoms with Gasteiger partial charge >= 0.3 is 16.9 Å². The maximum Gasteiger partial charge on any atom is 0.374 e. The first kappa shape index (κ1) is 17.8. The molecule has 0 aliphatic carbocycles. The molecule has 0 saturated heterocycles. The van der Waals surface area contributed by atoms with Crippen molar-refractivity contribution in [2.45, 2.75) is 18.3 Å². The average Bonchev–Trinajstić information content (AvgIpc) is 2.43. The number of hydrogen-bond donors (Lipinski definition) is 6. The number of aromatic nitrogens is 2. The molecule has 1 aromatic heterocycles. The zero-order valence-corrected chi connectivity index (χ0v) is 11.5. The summed E-state index contributed by atoms with van der Waals surface area (Å²) in [6, 6.07) is 0. The lowest BCUT2D eigenvalue weighted by Gasteiger charge is -2.26. The molecule has 0 fully saturated rings. The first-order valence-electron chi connectivity index (χ1n) is 6.06. The highest BCUT2D eigenvalue weighted by Gasteiger charge is 2.29. The SMILES string of the molecule is CN(C[C@H](O)[C@H](O)[C@H](O)CO)c1[nH]c(=O)[nH]c(=O)c1[N+](=O)[O-]. The van der Waals surface area contributed by atoms with Gasteiger partial charge in [-0.25, -0.2) is 4.79 Å². The molecular weight excluding hydrogens is 304 g/mol. The van der Waals surface area contributed by atoms with Crippen molar-refractivity contribution in [2.75, 3.05) is 25.1 Å². The highest BCUT2D eigenvalue weighted by molar-refractivity contribution is 5.55. The third-order valence-electron chi connectivity index (χ3n) is 2.90. The van der Waals surface area contributed by atoms with E-state index in [1.807, 2.05) is 0 Å². The Bertz CT molecular complexity index is 641. The molecule has 0 unspecified atom stereocenters. The largest absolute Gasteiger partial charge is 0.394 e. The van der Waals surface area contributed by atoms with Crippen LogP contribution in [0.25, 0.3) is 0 Å². The predicted octanol–water partition coefficient (Wildman–Crippen LogP) is -3.52. The number of nitrogens with zero attached hydrogens (tertiary/aromatic N) is 2. The van der Waals surface area contributed by atoms with Crippen LogP contribution in [0.2, 0.25) is 0 Å². The Morgan fingerprint density at radius 1 is 1.23 bits per heavy atom. The van der Waals surface area contributed by atoms with Crippen molar-refractivity contribution in [3.63, 3.8) is 0 Å². The lowest BCUT2D eigenvalue weighted by Crippen LogP contribution is -2.45. The summed E-state index contributed by atoms with van der Waals surface area (Å²) in [5, 5.41) is 48.0. The lowest BCUT2D eigenvalue weighted by atomic mass is 10.1. The molecule has 6 N–H and O–H groups in total. The third-order valence-corrected chi connectivity index (χ3v) is 2.90. The number of nitrogens with one attached hydrogen (secondary N) is 2. The van der Waals surface area contributed by atoms with Crippen LogP contribution in [0.4, 0.5) is 11.5 Å². The Morgan fingerprint density at radius 2 is 1.82 bits per heavy atom. The summed E-state index contributed by atoms with van der Waals surface area (Å²) in [5.74, 6) is -0.469. The van der Waals surface area contributed by atoms with Crippen molar-refractivity contribution in [3.05, 3.63) is 31.0 Å². The quantitative estimate of drug-likeness (QED) is 0.218. The molecule has 0 aromatic carbocycles. The number of aromatic amines is 2. The van der Waals surface area contributed by atoms with E-state index >= 15 is 0 Å². The second kappa shape index (κ2) is 7.13. The third kappa shape index (κ3) is 3.88. The van der Waals surface area contributed by atoms with Gasteiger partial charge in [-0.3, -0.25) is 24.9 Å². The molecule has 1 rings (SSSR count). The molecule has 0 aliphatic rings. The van der Waals surface area contributed by atoms with Gasteiger partial charge in [-0.15, -0.1) is 0 Å². The van der Waals surface area contributed by atoms with Crippen LogP contribution in [0.1, 0.15) is 0 Å². The fourth-order valence-electron chi connectivity index (χ4n) is 1.76. The maximum atomic E-state index is 11.5. The van der Waals surface area contributed by atoms with Crippen molar-refractivity contribution in [2.24, 2.45) is 0 Å². The molecule has 3 atom stereocenters. The molecule has 0 radical (unpaired) electrons. The predicted molar refractivity (Wildman–Crippen MR) is 72.7 cm³/mol. The summed E-state index contributed by atoms with van der Waals surface area (Å²) < 4.78 is 0. The summed E-state index contributed by atoms with van der Waals surface area (Å²) in [6.45, 7) is -1.26. The topological polar surface area (TPSA) is 193 Å². The first-order chi connectivity index (χ1) is 10.2. The molecule has 124 valence electrons. The number of rotatable bonds is 7. The fraction of sp³-hybridized carbons (Fsp3) is 0.600. The van der Waals surface area contributed by atoms with Gasteiger partial charge in [-0.05, 0) is 0 Å². The van der Waals surface area contributed by atoms with E-state index < -0.39 is 59.1 Å². The molecule has 0 bridgehead atoms. The van der Waals surface area contributed by atoms with Gasteiger partial charge in [-0.1, -0.05) is 0 Å². The Labute approximate surface area is 122 Å². The normalized spacial score (nSPS) is 15.1. The summed E-state index contributed by atoms with van der Waals surface area (Å²) in [7, 11) is 1.22. The summed E-state index contributed by atoms with van der Waals surface area (Å²) in [5.41, 5.74) is -3.14. The van der Waals surface area contributed by atoms with E-state index in [0.29, 0.717) is 0 Å². The molecule has 1 aromatic rings. The second-order valence-corrected chi connectivity index (χ2v) is 4.55. The van der Waals surface area contributed by atoms with E-state index in [1.165, 1.54) is 7.05 Å². The van der Waals surface area contributed by atoms with Gasteiger partial charge in [0.15, 0.2) is 5.82 Å². The number of likely N-dealkylation sites (N-methyl/N-ethyl adjacent to an activating group) is 1. The van der Waals surface area contributed by atoms with Crippen molar-refractivity contribution in [1.29, 1.82) is 0 Å². The molecule has 1 heterocycles. The van der Waals surface area contributed by atoms with Gasteiger partial charge in [-0.2, -0.15) is 0 Å². The fourth-order valence-corrected chi connectivity index (χ4v) is 1.76. The maximum absolute atomic E-state index is 11.5. The molecule has 0 amide bonds. The van der Waals surface area contributed by atoms with Crippen LogP contribution in [-0.4, -0.2) is 73.8 Å². The Morgan fingerprint density at radius 3 is 2.32 bits per heavy atom. The Balaban J connectivity index is 3.08. The van der Waals surface area contributed by atoms with Gasteiger partial charge in [0.05, 0.1) is 17.6 Å². The van der Waals surface area contributed by atoms with E-state index in [-0.39, 0.29) is 0 Å². The number of anilines is 1. The van der Waals surface area contributed by atoms with Crippen LogP contribution in [0.15, 0.2) is 9.59 Å². The molecule has 0 aliphatic heterocycles. The highest BCUT2D eigenvalue weighted by atomic mass is 16.6. The average molecular weight is 320 g/mol. The van der Waals surface area contributed by atoms with E-state index in [4.69, 9.17) is 5.11 Å². The zero-order valence-electron chi connectivity index (χ0n) is 11.5. The van der Waals surface area contributed by atoms with E-state index in [1.54, 1.807) is 4.98 Å². The van der Waals surface area contributed by atoms with E-state index in [9.17, 15) is 35.0 Å². The standard InChI is InChI=1S/C10H16N4O8/c1-13(2-4(16)7(18)5(17)3-15)8-6(14(21)22)9(19)12-10(20)11-8/h4-5,7,15-18H,2-3H2,1H3,(H2,11,12,19,20)/t4-,5+,7-/m0/s1. The summed E-state index contributed by atoms with van der Waals surface area (Å²) in [6.07, 6.45) is -4.94. The highest BCUT2D eigenvalue weighted by Crippen LogP contribution is 2.18. The number of hydrogen-bond acceptors (Lipinski definition) is 9. The van der Waals surface area contributed by atoms with Gasteiger partial charge in [0.25, 0.3) is 0 Å². The molecule has 0 saturated carbocycles. The number of aliphatic hydroxyl groups excluding tert-OH is 4. The summed E-state index contributed by atoms with van der Waals surface area (Å²) in [4.78, 5) is 37.3. The van der Waals surface area contributed by atoms with E-state index in [2.05, 4.69) is 4.98 Å². The Kier molecular flexibility index (Phi) is 5.76.